The number of esters is 1. The van der Waals surface area contributed by atoms with Gasteiger partial charge in [0.25, 0.3) is 5.91 Å². The van der Waals surface area contributed by atoms with Crippen molar-refractivity contribution in [3.05, 3.63) is 125 Å². The molecule has 6 nitrogen and oxygen atoms in total. The zero-order chi connectivity index (χ0) is 27.2. The quantitative estimate of drug-likeness (QED) is 0.207. The highest BCUT2D eigenvalue weighted by Crippen LogP contribution is 2.28. The van der Waals surface area contributed by atoms with Crippen molar-refractivity contribution in [1.29, 1.82) is 0 Å². The van der Waals surface area contributed by atoms with Crippen LogP contribution in [0.15, 0.2) is 108 Å². The number of fused-ring (bicyclic) bond motifs is 1. The Morgan fingerprint density at radius 2 is 1.56 bits per heavy atom. The molecule has 0 unspecified atom stereocenters. The normalized spacial score (nSPS) is 11.6. The summed E-state index contributed by atoms with van der Waals surface area (Å²) >= 11 is 6.00. The largest absolute Gasteiger partial charge is 0.489 e. The van der Waals surface area contributed by atoms with Crippen LogP contribution in [0.2, 0.25) is 5.02 Å². The van der Waals surface area contributed by atoms with Crippen molar-refractivity contribution >= 4 is 34.4 Å². The van der Waals surface area contributed by atoms with Crippen LogP contribution < -0.4 is 10.1 Å². The number of carbonyl (C=O) groups is 2. The third kappa shape index (κ3) is 6.48. The van der Waals surface area contributed by atoms with Crippen molar-refractivity contribution in [3.8, 4) is 16.9 Å². The van der Waals surface area contributed by atoms with Gasteiger partial charge in [0.15, 0.2) is 5.76 Å². The predicted octanol–water partition coefficient (Wildman–Crippen LogP) is 6.85. The molecule has 39 heavy (non-hydrogen) atoms. The molecule has 5 rings (SSSR count). The minimum atomic E-state index is -0.892. The Balaban J connectivity index is 1.26. The van der Waals surface area contributed by atoms with E-state index in [0.717, 1.165) is 27.6 Å². The minimum absolute atomic E-state index is 0.108. The van der Waals surface area contributed by atoms with E-state index in [1.165, 1.54) is 7.11 Å². The number of ether oxygens (including phenoxy) is 2. The van der Waals surface area contributed by atoms with Crippen LogP contribution in [0.4, 0.5) is 0 Å². The van der Waals surface area contributed by atoms with Crippen molar-refractivity contribution in [2.45, 2.75) is 19.1 Å². The Kier molecular flexibility index (Phi) is 7.94. The van der Waals surface area contributed by atoms with Gasteiger partial charge in [-0.1, -0.05) is 72.3 Å². The zero-order valence-electron chi connectivity index (χ0n) is 21.2. The maximum Gasteiger partial charge on any atom is 0.328 e. The van der Waals surface area contributed by atoms with Gasteiger partial charge in [-0.15, -0.1) is 0 Å². The van der Waals surface area contributed by atoms with Crippen LogP contribution in [0, 0.1) is 0 Å². The number of nitrogens with one attached hydrogen (secondary N) is 1. The third-order valence-electron chi connectivity index (χ3n) is 6.32. The van der Waals surface area contributed by atoms with E-state index in [-0.39, 0.29) is 12.2 Å². The van der Waals surface area contributed by atoms with Crippen LogP contribution in [0.1, 0.15) is 21.7 Å². The van der Waals surface area contributed by atoms with Gasteiger partial charge in [-0.05, 0) is 64.7 Å². The summed E-state index contributed by atoms with van der Waals surface area (Å²) in [5.41, 5.74) is 4.45. The number of furan rings is 1. The van der Waals surface area contributed by atoms with Gasteiger partial charge in [0.1, 0.15) is 24.0 Å². The zero-order valence-corrected chi connectivity index (χ0v) is 22.0. The molecule has 7 heteroatoms. The van der Waals surface area contributed by atoms with Gasteiger partial charge in [0, 0.05) is 16.8 Å². The number of hydrogen-bond donors (Lipinski definition) is 1. The molecule has 1 amide bonds. The number of methoxy groups -OCH3 is 1. The van der Waals surface area contributed by atoms with Gasteiger partial charge in [-0.25, -0.2) is 4.79 Å². The molecule has 0 aliphatic heterocycles. The summed E-state index contributed by atoms with van der Waals surface area (Å²) in [6.07, 6.45) is 0.248. The fourth-order valence-corrected chi connectivity index (χ4v) is 4.37. The van der Waals surface area contributed by atoms with Gasteiger partial charge in [0.2, 0.25) is 0 Å². The van der Waals surface area contributed by atoms with Gasteiger partial charge in [-0.2, -0.15) is 0 Å². The average Bonchev–Trinajstić information content (AvgIpc) is 3.41. The van der Waals surface area contributed by atoms with Crippen LogP contribution in [-0.4, -0.2) is 25.0 Å². The number of rotatable bonds is 9. The van der Waals surface area contributed by atoms with Crippen LogP contribution in [0.5, 0.6) is 5.75 Å². The summed E-state index contributed by atoms with van der Waals surface area (Å²) in [7, 11) is 1.29. The highest BCUT2D eigenvalue weighted by Gasteiger charge is 2.24. The fraction of sp³-hybridized carbons (Fsp3) is 0.125. The molecule has 0 spiro atoms. The number of amides is 1. The summed E-state index contributed by atoms with van der Waals surface area (Å²) < 4.78 is 16.6. The van der Waals surface area contributed by atoms with Gasteiger partial charge in [-0.3, -0.25) is 4.79 Å². The summed E-state index contributed by atoms with van der Waals surface area (Å²) in [5.74, 6) is -0.232. The van der Waals surface area contributed by atoms with E-state index in [1.807, 2.05) is 97.1 Å². The van der Waals surface area contributed by atoms with Crippen molar-refractivity contribution in [2.75, 3.05) is 7.11 Å². The second-order valence-electron chi connectivity index (χ2n) is 9.04. The van der Waals surface area contributed by atoms with Gasteiger partial charge >= 0.3 is 5.97 Å². The smallest absolute Gasteiger partial charge is 0.328 e. The molecule has 1 aromatic heterocycles. The highest BCUT2D eigenvalue weighted by molar-refractivity contribution is 6.30. The molecule has 0 saturated heterocycles. The first-order valence-corrected chi connectivity index (χ1v) is 12.8. The molecule has 0 bridgehead atoms. The second-order valence-corrected chi connectivity index (χ2v) is 9.48. The van der Waals surface area contributed by atoms with Crippen LogP contribution in [-0.2, 0) is 22.6 Å². The average molecular weight is 540 g/mol. The molecule has 196 valence electrons. The lowest BCUT2D eigenvalue weighted by Crippen LogP contribution is -2.42. The Hall–Kier alpha value is -4.55. The monoisotopic (exact) mass is 539 g/mol. The SMILES string of the molecule is COC(=O)[C@H](Cc1ccc(OCc2ccccc2)cc1)NC(=O)c1cc2cc(-c3ccc(Cl)cc3)ccc2o1. The van der Waals surface area contributed by atoms with Crippen LogP contribution in [0.25, 0.3) is 22.1 Å². The Labute approximate surface area is 231 Å². The molecular weight excluding hydrogens is 514 g/mol. The lowest BCUT2D eigenvalue weighted by Gasteiger charge is -2.16. The number of halogens is 1. The van der Waals surface area contributed by atoms with E-state index in [1.54, 1.807) is 6.07 Å². The molecule has 1 atom stereocenters. The van der Waals surface area contributed by atoms with Crippen molar-refractivity contribution in [2.24, 2.45) is 0 Å². The molecular formula is C32H26ClNO5. The van der Waals surface area contributed by atoms with Crippen molar-refractivity contribution < 1.29 is 23.5 Å². The van der Waals surface area contributed by atoms with Crippen molar-refractivity contribution in [3.63, 3.8) is 0 Å². The summed E-state index contributed by atoms with van der Waals surface area (Å²) in [6.45, 7) is 0.458. The van der Waals surface area contributed by atoms with E-state index in [0.29, 0.717) is 23.0 Å². The fourth-order valence-electron chi connectivity index (χ4n) is 4.24. The third-order valence-corrected chi connectivity index (χ3v) is 6.57. The maximum absolute atomic E-state index is 13.1. The summed E-state index contributed by atoms with van der Waals surface area (Å²) in [6, 6.07) is 31.3. The van der Waals surface area contributed by atoms with Crippen LogP contribution in [0.3, 0.4) is 0 Å². The minimum Gasteiger partial charge on any atom is -0.489 e. The van der Waals surface area contributed by atoms with E-state index < -0.39 is 17.9 Å². The van der Waals surface area contributed by atoms with Gasteiger partial charge in [0.05, 0.1) is 7.11 Å². The molecule has 0 radical (unpaired) electrons. The first-order chi connectivity index (χ1) is 19.0. The Bertz CT molecular complexity index is 1580. The predicted molar refractivity (Wildman–Crippen MR) is 151 cm³/mol. The molecule has 0 aliphatic rings. The molecule has 0 fully saturated rings. The lowest BCUT2D eigenvalue weighted by molar-refractivity contribution is -0.142. The summed E-state index contributed by atoms with van der Waals surface area (Å²) in [4.78, 5) is 25.6. The molecule has 1 heterocycles. The second kappa shape index (κ2) is 11.9. The molecule has 4 aromatic carbocycles. The maximum atomic E-state index is 13.1. The van der Waals surface area contributed by atoms with E-state index >= 15 is 0 Å². The summed E-state index contributed by atoms with van der Waals surface area (Å²) in [5, 5.41) is 4.19. The Morgan fingerprint density at radius 1 is 0.846 bits per heavy atom. The van der Waals surface area contributed by atoms with Crippen molar-refractivity contribution in [1.82, 2.24) is 5.32 Å². The molecule has 0 saturated carbocycles. The first-order valence-electron chi connectivity index (χ1n) is 12.4. The van der Waals surface area contributed by atoms with Crippen LogP contribution >= 0.6 is 11.6 Å². The molecule has 1 N–H and O–H groups in total. The van der Waals surface area contributed by atoms with E-state index in [2.05, 4.69) is 5.32 Å². The topological polar surface area (TPSA) is 77.8 Å². The van der Waals surface area contributed by atoms with Gasteiger partial charge < -0.3 is 19.2 Å². The highest BCUT2D eigenvalue weighted by atomic mass is 35.5. The number of carbonyl (C=O) groups excluding carboxylic acids is 2. The lowest BCUT2D eigenvalue weighted by atomic mass is 10.0. The Morgan fingerprint density at radius 3 is 2.28 bits per heavy atom. The first kappa shape index (κ1) is 26.1. The number of hydrogen-bond acceptors (Lipinski definition) is 5. The number of benzene rings is 4. The standard InChI is InChI=1S/C32H26ClNO5/c1-37-32(36)28(17-21-7-14-27(15-8-21)38-20-22-5-3-2-4-6-22)34-31(35)30-19-25-18-24(11-16-29(25)39-30)23-9-12-26(33)13-10-23/h2-16,18-19,28H,17,20H2,1H3,(H,34,35)/t28-/m0/s1. The van der Waals surface area contributed by atoms with E-state index in [4.69, 9.17) is 25.5 Å². The molecule has 5 aromatic rings. The molecule has 0 aliphatic carbocycles. The van der Waals surface area contributed by atoms with E-state index in [9.17, 15) is 9.59 Å².